The SMILES string of the molecule is Cc1nc(C(=O)NC2CCN([C@H]3CCN(C)C3=O)CC2)c(C)s1. The first-order chi connectivity index (χ1) is 11.0. The lowest BCUT2D eigenvalue weighted by Crippen LogP contribution is -2.50. The summed E-state index contributed by atoms with van der Waals surface area (Å²) in [6, 6.07) is 0.217. The molecule has 2 fully saturated rings. The molecular formula is C16H24N4O2S. The molecule has 0 spiro atoms. The van der Waals surface area contributed by atoms with Crippen LogP contribution in [0.1, 0.15) is 39.6 Å². The average molecular weight is 336 g/mol. The highest BCUT2D eigenvalue weighted by atomic mass is 32.1. The van der Waals surface area contributed by atoms with Crippen molar-refractivity contribution < 1.29 is 9.59 Å². The number of aromatic nitrogens is 1. The molecule has 1 aromatic rings. The molecule has 23 heavy (non-hydrogen) atoms. The number of carbonyl (C=O) groups excluding carboxylic acids is 2. The monoisotopic (exact) mass is 336 g/mol. The minimum absolute atomic E-state index is 0.0417. The van der Waals surface area contributed by atoms with Gasteiger partial charge in [0.2, 0.25) is 5.91 Å². The van der Waals surface area contributed by atoms with Gasteiger partial charge in [0.05, 0.1) is 11.0 Å². The van der Waals surface area contributed by atoms with Crippen LogP contribution in [-0.4, -0.2) is 65.4 Å². The number of rotatable bonds is 3. The van der Waals surface area contributed by atoms with Crippen LogP contribution in [0.25, 0.3) is 0 Å². The lowest BCUT2D eigenvalue weighted by atomic mass is 10.0. The van der Waals surface area contributed by atoms with Crippen LogP contribution in [0.4, 0.5) is 0 Å². The van der Waals surface area contributed by atoms with Gasteiger partial charge in [0.1, 0.15) is 5.69 Å². The standard InChI is InChI=1S/C16H24N4O2S/c1-10-14(17-11(2)23-10)15(21)18-12-4-8-20(9-5-12)13-6-7-19(3)16(13)22/h12-13H,4-9H2,1-3H3,(H,18,21)/t13-/m0/s1. The summed E-state index contributed by atoms with van der Waals surface area (Å²) in [5.74, 6) is 0.169. The third-order valence-corrected chi connectivity index (χ3v) is 5.71. The van der Waals surface area contributed by atoms with E-state index in [-0.39, 0.29) is 23.9 Å². The Kier molecular flexibility index (Phi) is 4.68. The third kappa shape index (κ3) is 3.40. The number of hydrogen-bond donors (Lipinski definition) is 1. The number of likely N-dealkylation sites (tertiary alicyclic amines) is 2. The minimum atomic E-state index is -0.0676. The zero-order valence-corrected chi connectivity index (χ0v) is 14.8. The fourth-order valence-electron chi connectivity index (χ4n) is 3.49. The van der Waals surface area contributed by atoms with E-state index < -0.39 is 0 Å². The molecule has 2 amide bonds. The molecule has 0 aromatic carbocycles. The Morgan fingerprint density at radius 2 is 1.91 bits per heavy atom. The second-order valence-electron chi connectivity index (χ2n) is 6.49. The van der Waals surface area contributed by atoms with Gasteiger partial charge in [0, 0.05) is 37.6 Å². The smallest absolute Gasteiger partial charge is 0.271 e. The predicted molar refractivity (Wildman–Crippen MR) is 89.7 cm³/mol. The molecule has 3 rings (SSSR count). The molecule has 2 saturated heterocycles. The number of likely N-dealkylation sites (N-methyl/N-ethyl adjacent to an activating group) is 1. The highest BCUT2D eigenvalue weighted by Crippen LogP contribution is 2.21. The van der Waals surface area contributed by atoms with E-state index in [4.69, 9.17) is 0 Å². The molecular weight excluding hydrogens is 312 g/mol. The first-order valence-electron chi connectivity index (χ1n) is 8.19. The van der Waals surface area contributed by atoms with Gasteiger partial charge in [-0.05, 0) is 33.1 Å². The van der Waals surface area contributed by atoms with E-state index >= 15 is 0 Å². The number of piperidine rings is 1. The van der Waals surface area contributed by atoms with E-state index in [1.165, 1.54) is 0 Å². The van der Waals surface area contributed by atoms with Crippen LogP contribution in [-0.2, 0) is 4.79 Å². The molecule has 0 radical (unpaired) electrons. The summed E-state index contributed by atoms with van der Waals surface area (Å²) in [5, 5.41) is 4.03. The van der Waals surface area contributed by atoms with Gasteiger partial charge < -0.3 is 10.2 Å². The average Bonchev–Trinajstić information content (AvgIpc) is 3.03. The summed E-state index contributed by atoms with van der Waals surface area (Å²) in [7, 11) is 1.87. The van der Waals surface area contributed by atoms with Gasteiger partial charge in [0.15, 0.2) is 0 Å². The van der Waals surface area contributed by atoms with Crippen molar-refractivity contribution in [2.24, 2.45) is 0 Å². The first kappa shape index (κ1) is 16.4. The van der Waals surface area contributed by atoms with Gasteiger partial charge in [-0.25, -0.2) is 4.98 Å². The number of hydrogen-bond acceptors (Lipinski definition) is 5. The number of carbonyl (C=O) groups is 2. The number of aryl methyl sites for hydroxylation is 2. The fraction of sp³-hybridized carbons (Fsp3) is 0.688. The van der Waals surface area contributed by atoms with Crippen molar-refractivity contribution in [1.82, 2.24) is 20.1 Å². The topological polar surface area (TPSA) is 65.5 Å². The fourth-order valence-corrected chi connectivity index (χ4v) is 4.31. The highest BCUT2D eigenvalue weighted by Gasteiger charge is 2.36. The molecule has 0 aliphatic carbocycles. The summed E-state index contributed by atoms with van der Waals surface area (Å²) in [4.78, 5) is 33.8. The Morgan fingerprint density at radius 1 is 1.22 bits per heavy atom. The molecule has 0 unspecified atom stereocenters. The molecule has 1 N–H and O–H groups in total. The summed E-state index contributed by atoms with van der Waals surface area (Å²) >= 11 is 1.55. The molecule has 0 bridgehead atoms. The summed E-state index contributed by atoms with van der Waals surface area (Å²) in [6.07, 6.45) is 2.70. The second kappa shape index (κ2) is 6.57. The zero-order chi connectivity index (χ0) is 16.6. The van der Waals surface area contributed by atoms with E-state index in [0.717, 1.165) is 48.8 Å². The van der Waals surface area contributed by atoms with Crippen molar-refractivity contribution in [2.45, 2.75) is 45.2 Å². The lowest BCUT2D eigenvalue weighted by molar-refractivity contribution is -0.131. The summed E-state index contributed by atoms with van der Waals surface area (Å²) in [6.45, 7) is 6.43. The van der Waals surface area contributed by atoms with Crippen molar-refractivity contribution in [1.29, 1.82) is 0 Å². The molecule has 3 heterocycles. The third-order valence-electron chi connectivity index (χ3n) is 4.82. The molecule has 6 nitrogen and oxygen atoms in total. The molecule has 7 heteroatoms. The molecule has 0 saturated carbocycles. The Balaban J connectivity index is 1.52. The largest absolute Gasteiger partial charge is 0.348 e. The predicted octanol–water partition coefficient (Wildman–Crippen LogP) is 1.18. The normalized spacial score (nSPS) is 23.5. The summed E-state index contributed by atoms with van der Waals surface area (Å²) < 4.78 is 0. The Bertz CT molecular complexity index is 607. The zero-order valence-electron chi connectivity index (χ0n) is 14.0. The van der Waals surface area contributed by atoms with Crippen molar-refractivity contribution in [3.8, 4) is 0 Å². The van der Waals surface area contributed by atoms with Crippen LogP contribution in [0.5, 0.6) is 0 Å². The van der Waals surface area contributed by atoms with E-state index in [1.54, 1.807) is 11.3 Å². The van der Waals surface area contributed by atoms with Gasteiger partial charge in [-0.2, -0.15) is 0 Å². The van der Waals surface area contributed by atoms with E-state index in [0.29, 0.717) is 5.69 Å². The van der Waals surface area contributed by atoms with Gasteiger partial charge in [-0.1, -0.05) is 0 Å². The second-order valence-corrected chi connectivity index (χ2v) is 7.89. The van der Waals surface area contributed by atoms with Crippen LogP contribution in [0, 0.1) is 13.8 Å². The van der Waals surface area contributed by atoms with Crippen LogP contribution in [0.2, 0.25) is 0 Å². The Morgan fingerprint density at radius 3 is 2.43 bits per heavy atom. The van der Waals surface area contributed by atoms with Gasteiger partial charge >= 0.3 is 0 Å². The van der Waals surface area contributed by atoms with Crippen molar-refractivity contribution in [3.63, 3.8) is 0 Å². The number of thiazole rings is 1. The minimum Gasteiger partial charge on any atom is -0.348 e. The summed E-state index contributed by atoms with van der Waals surface area (Å²) in [5.41, 5.74) is 0.558. The number of nitrogens with one attached hydrogen (secondary N) is 1. The molecule has 2 aliphatic heterocycles. The lowest BCUT2D eigenvalue weighted by Gasteiger charge is -2.35. The number of amides is 2. The molecule has 126 valence electrons. The van der Waals surface area contributed by atoms with Crippen LogP contribution in [0.15, 0.2) is 0 Å². The van der Waals surface area contributed by atoms with Gasteiger partial charge in [0.25, 0.3) is 5.91 Å². The van der Waals surface area contributed by atoms with Gasteiger partial charge in [-0.15, -0.1) is 11.3 Å². The van der Waals surface area contributed by atoms with Crippen molar-refractivity contribution in [3.05, 3.63) is 15.6 Å². The van der Waals surface area contributed by atoms with Crippen molar-refractivity contribution in [2.75, 3.05) is 26.7 Å². The number of nitrogens with zero attached hydrogens (tertiary/aromatic N) is 3. The van der Waals surface area contributed by atoms with E-state index in [2.05, 4.69) is 15.2 Å². The quantitative estimate of drug-likeness (QED) is 0.900. The molecule has 1 atom stereocenters. The van der Waals surface area contributed by atoms with Gasteiger partial charge in [-0.3, -0.25) is 14.5 Å². The molecule has 1 aromatic heterocycles. The van der Waals surface area contributed by atoms with Crippen LogP contribution >= 0.6 is 11.3 Å². The first-order valence-corrected chi connectivity index (χ1v) is 9.01. The Hall–Kier alpha value is -1.47. The Labute approximate surface area is 140 Å². The maximum atomic E-state index is 12.3. The van der Waals surface area contributed by atoms with Crippen molar-refractivity contribution >= 4 is 23.2 Å². The highest BCUT2D eigenvalue weighted by molar-refractivity contribution is 7.11. The van der Waals surface area contributed by atoms with Crippen LogP contribution < -0.4 is 5.32 Å². The maximum Gasteiger partial charge on any atom is 0.271 e. The van der Waals surface area contributed by atoms with Crippen LogP contribution in [0.3, 0.4) is 0 Å². The van der Waals surface area contributed by atoms with E-state index in [1.807, 2.05) is 25.8 Å². The maximum absolute atomic E-state index is 12.3. The molecule has 2 aliphatic rings. The van der Waals surface area contributed by atoms with E-state index in [9.17, 15) is 9.59 Å².